The third kappa shape index (κ3) is 4.66. The number of likely N-dealkylation sites (tertiary alicyclic amines) is 1. The van der Waals surface area contributed by atoms with Crippen LogP contribution >= 0.6 is 0 Å². The molecule has 6 nitrogen and oxygen atoms in total. The van der Waals surface area contributed by atoms with E-state index in [0.717, 1.165) is 44.5 Å². The Morgan fingerprint density at radius 2 is 2.11 bits per heavy atom. The molecule has 1 fully saturated rings. The molecular formula is C20H27FN4O2. The summed E-state index contributed by atoms with van der Waals surface area (Å²) in [7, 11) is 0. The van der Waals surface area contributed by atoms with Crippen molar-refractivity contribution in [1.82, 2.24) is 20.0 Å². The van der Waals surface area contributed by atoms with Crippen LogP contribution in [0.2, 0.25) is 0 Å². The van der Waals surface area contributed by atoms with Gasteiger partial charge in [-0.1, -0.05) is 13.0 Å². The quantitative estimate of drug-likeness (QED) is 0.816. The highest BCUT2D eigenvalue weighted by atomic mass is 19.1. The lowest BCUT2D eigenvalue weighted by molar-refractivity contribution is 0.0940. The van der Waals surface area contributed by atoms with Crippen LogP contribution in [0.15, 0.2) is 24.4 Å². The van der Waals surface area contributed by atoms with Crippen molar-refractivity contribution in [2.45, 2.75) is 33.1 Å². The lowest BCUT2D eigenvalue weighted by Gasteiger charge is -2.30. The van der Waals surface area contributed by atoms with Crippen LogP contribution in [-0.2, 0) is 0 Å². The van der Waals surface area contributed by atoms with Gasteiger partial charge >= 0.3 is 0 Å². The zero-order valence-electron chi connectivity index (χ0n) is 15.9. The maximum absolute atomic E-state index is 14.0. The summed E-state index contributed by atoms with van der Waals surface area (Å²) in [5, 5.41) is 17.0. The van der Waals surface area contributed by atoms with Gasteiger partial charge in [-0.05, 0) is 69.4 Å². The van der Waals surface area contributed by atoms with Gasteiger partial charge in [0.2, 0.25) is 0 Å². The Balaban J connectivity index is 1.58. The molecule has 1 aliphatic heterocycles. The Morgan fingerprint density at radius 3 is 2.81 bits per heavy atom. The van der Waals surface area contributed by atoms with Crippen LogP contribution in [0.3, 0.4) is 0 Å². The lowest BCUT2D eigenvalue weighted by atomic mass is 9.93. The van der Waals surface area contributed by atoms with Gasteiger partial charge in [-0.25, -0.2) is 9.07 Å². The maximum atomic E-state index is 14.0. The SMILES string of the molecule is CCN1CCC(CCNC(=O)c2nn(-c3cc(C)ccc3F)cc2O)CC1. The molecule has 2 N–H and O–H groups in total. The zero-order chi connectivity index (χ0) is 19.4. The first-order chi connectivity index (χ1) is 13.0. The smallest absolute Gasteiger partial charge is 0.275 e. The van der Waals surface area contributed by atoms with Gasteiger partial charge in [-0.15, -0.1) is 0 Å². The number of piperidine rings is 1. The van der Waals surface area contributed by atoms with E-state index in [0.29, 0.717) is 12.5 Å². The molecule has 2 heterocycles. The number of benzene rings is 1. The van der Waals surface area contributed by atoms with Crippen LogP contribution in [-0.4, -0.2) is 51.9 Å². The first kappa shape index (κ1) is 19.4. The van der Waals surface area contributed by atoms with Crippen molar-refractivity contribution in [3.63, 3.8) is 0 Å². The van der Waals surface area contributed by atoms with E-state index < -0.39 is 11.7 Å². The average Bonchev–Trinajstić information content (AvgIpc) is 3.06. The zero-order valence-corrected chi connectivity index (χ0v) is 15.9. The van der Waals surface area contributed by atoms with Crippen molar-refractivity contribution in [1.29, 1.82) is 0 Å². The van der Waals surface area contributed by atoms with Gasteiger partial charge in [0.1, 0.15) is 11.5 Å². The summed E-state index contributed by atoms with van der Waals surface area (Å²) in [5.74, 6) is -0.552. The van der Waals surface area contributed by atoms with Gasteiger partial charge in [-0.2, -0.15) is 5.10 Å². The minimum Gasteiger partial charge on any atom is -0.504 e. The van der Waals surface area contributed by atoms with E-state index in [2.05, 4.69) is 22.2 Å². The second kappa shape index (κ2) is 8.52. The highest BCUT2D eigenvalue weighted by Crippen LogP contribution is 2.22. The summed E-state index contributed by atoms with van der Waals surface area (Å²) in [6.45, 7) is 7.87. The fraction of sp³-hybridized carbons (Fsp3) is 0.500. The molecule has 7 heteroatoms. The second-order valence-electron chi connectivity index (χ2n) is 7.18. The topological polar surface area (TPSA) is 70.4 Å². The van der Waals surface area contributed by atoms with Gasteiger partial charge < -0.3 is 15.3 Å². The Kier molecular flexibility index (Phi) is 6.11. The van der Waals surface area contributed by atoms with Crippen molar-refractivity contribution in [3.8, 4) is 11.4 Å². The molecule has 0 bridgehead atoms. The highest BCUT2D eigenvalue weighted by Gasteiger charge is 2.20. The van der Waals surface area contributed by atoms with Crippen LogP contribution in [0, 0.1) is 18.7 Å². The first-order valence-electron chi connectivity index (χ1n) is 9.53. The van der Waals surface area contributed by atoms with E-state index in [1.165, 1.54) is 16.9 Å². The van der Waals surface area contributed by atoms with Gasteiger partial charge in [0, 0.05) is 6.54 Å². The number of aromatic nitrogens is 2. The molecule has 27 heavy (non-hydrogen) atoms. The molecule has 3 rings (SSSR count). The molecule has 0 atom stereocenters. The average molecular weight is 374 g/mol. The summed E-state index contributed by atoms with van der Waals surface area (Å²) in [6, 6.07) is 4.61. The van der Waals surface area contributed by atoms with Crippen molar-refractivity contribution in [3.05, 3.63) is 41.5 Å². The van der Waals surface area contributed by atoms with Crippen LogP contribution < -0.4 is 5.32 Å². The number of aryl methyl sites for hydroxylation is 1. The summed E-state index contributed by atoms with van der Waals surface area (Å²) in [6.07, 6.45) is 4.47. The number of nitrogens with one attached hydrogen (secondary N) is 1. The van der Waals surface area contributed by atoms with E-state index in [9.17, 15) is 14.3 Å². The summed E-state index contributed by atoms with van der Waals surface area (Å²) in [4.78, 5) is 14.8. The van der Waals surface area contributed by atoms with Crippen LogP contribution in [0.1, 0.15) is 42.2 Å². The number of hydrogen-bond donors (Lipinski definition) is 2. The summed E-state index contributed by atoms with van der Waals surface area (Å²) in [5.41, 5.74) is 0.977. The van der Waals surface area contributed by atoms with E-state index in [1.54, 1.807) is 12.1 Å². The molecule has 1 aliphatic rings. The van der Waals surface area contributed by atoms with Crippen molar-refractivity contribution in [2.24, 2.45) is 5.92 Å². The number of halogens is 1. The van der Waals surface area contributed by atoms with Crippen molar-refractivity contribution >= 4 is 5.91 Å². The molecule has 146 valence electrons. The van der Waals surface area contributed by atoms with Crippen LogP contribution in [0.5, 0.6) is 5.75 Å². The van der Waals surface area contributed by atoms with Crippen molar-refractivity contribution < 1.29 is 14.3 Å². The Morgan fingerprint density at radius 1 is 1.37 bits per heavy atom. The molecule has 0 spiro atoms. The molecule has 1 saturated heterocycles. The largest absolute Gasteiger partial charge is 0.504 e. The van der Waals surface area contributed by atoms with Gasteiger partial charge in [0.15, 0.2) is 11.4 Å². The number of nitrogens with zero attached hydrogens (tertiary/aromatic N) is 3. The minimum absolute atomic E-state index is 0.0864. The summed E-state index contributed by atoms with van der Waals surface area (Å²) < 4.78 is 15.2. The molecule has 2 aromatic rings. The van der Waals surface area contributed by atoms with E-state index in [1.807, 2.05) is 6.92 Å². The van der Waals surface area contributed by atoms with Crippen LogP contribution in [0.25, 0.3) is 5.69 Å². The molecule has 1 aromatic carbocycles. The van der Waals surface area contributed by atoms with Crippen LogP contribution in [0.4, 0.5) is 4.39 Å². The number of amides is 1. The normalized spacial score (nSPS) is 15.8. The van der Waals surface area contributed by atoms with E-state index in [4.69, 9.17) is 0 Å². The fourth-order valence-corrected chi connectivity index (χ4v) is 3.51. The molecule has 0 radical (unpaired) electrons. The Hall–Kier alpha value is -2.41. The standard InChI is InChI=1S/C20H27FN4O2/c1-3-24-10-7-15(8-11-24)6-9-22-20(27)19-18(26)13-25(23-19)17-12-14(2)4-5-16(17)21/h4-5,12-13,15,26H,3,6-11H2,1-2H3,(H,22,27). The Labute approximate surface area is 159 Å². The van der Waals surface area contributed by atoms with Gasteiger partial charge in [0.25, 0.3) is 5.91 Å². The highest BCUT2D eigenvalue weighted by molar-refractivity contribution is 5.94. The number of aromatic hydroxyl groups is 1. The fourth-order valence-electron chi connectivity index (χ4n) is 3.51. The molecular weight excluding hydrogens is 347 g/mol. The number of carbonyl (C=O) groups is 1. The molecule has 0 unspecified atom stereocenters. The third-order valence-corrected chi connectivity index (χ3v) is 5.25. The van der Waals surface area contributed by atoms with Gasteiger partial charge in [0.05, 0.1) is 6.20 Å². The second-order valence-corrected chi connectivity index (χ2v) is 7.18. The minimum atomic E-state index is -0.464. The Bertz CT molecular complexity index is 797. The summed E-state index contributed by atoms with van der Waals surface area (Å²) >= 11 is 0. The van der Waals surface area contributed by atoms with E-state index >= 15 is 0 Å². The molecule has 1 amide bonds. The van der Waals surface area contributed by atoms with E-state index in [-0.39, 0.29) is 17.1 Å². The van der Waals surface area contributed by atoms with Crippen molar-refractivity contribution in [2.75, 3.05) is 26.2 Å². The monoisotopic (exact) mass is 374 g/mol. The number of hydrogen-bond acceptors (Lipinski definition) is 4. The predicted octanol–water partition coefficient (Wildman–Crippen LogP) is 2.88. The molecule has 1 aromatic heterocycles. The number of carbonyl (C=O) groups excluding carboxylic acids is 1. The molecule has 0 saturated carbocycles. The maximum Gasteiger partial charge on any atom is 0.275 e. The predicted molar refractivity (Wildman–Crippen MR) is 102 cm³/mol. The molecule has 0 aliphatic carbocycles. The number of rotatable bonds is 6. The third-order valence-electron chi connectivity index (χ3n) is 5.25. The lowest BCUT2D eigenvalue weighted by Crippen LogP contribution is -2.35. The first-order valence-corrected chi connectivity index (χ1v) is 9.53. The van der Waals surface area contributed by atoms with Gasteiger partial charge in [-0.3, -0.25) is 4.79 Å².